The molecule has 1 aromatic carbocycles. The van der Waals surface area contributed by atoms with Crippen LogP contribution in [-0.2, 0) is 12.8 Å². The summed E-state index contributed by atoms with van der Waals surface area (Å²) in [6.45, 7) is 4.76. The Morgan fingerprint density at radius 1 is 1.20 bits per heavy atom. The molecule has 1 aliphatic heterocycles. The van der Waals surface area contributed by atoms with Crippen molar-refractivity contribution in [2.24, 2.45) is 0 Å². The molecule has 1 fully saturated rings. The maximum atomic E-state index is 13.1. The second-order valence-electron chi connectivity index (χ2n) is 6.74. The highest BCUT2D eigenvalue weighted by Crippen LogP contribution is 2.38. The number of rotatable bonds is 6. The average Bonchev–Trinajstić information content (AvgIpc) is 3.40. The number of para-hydroxylation sites is 1. The Balaban J connectivity index is 1.85. The Bertz CT molecular complexity index is 952. The van der Waals surface area contributed by atoms with Crippen LogP contribution >= 0.6 is 11.3 Å². The van der Waals surface area contributed by atoms with Gasteiger partial charge in [0, 0.05) is 24.2 Å². The number of benzene rings is 1. The molecule has 160 valence electrons. The van der Waals surface area contributed by atoms with Crippen LogP contribution in [-0.4, -0.2) is 47.1 Å². The molecular weight excluding hydrogens is 408 g/mol. The van der Waals surface area contributed by atoms with Crippen LogP contribution in [0.4, 0.5) is 15.5 Å². The Hall–Kier alpha value is -3.14. The van der Waals surface area contributed by atoms with Gasteiger partial charge in [-0.1, -0.05) is 43.4 Å². The molecule has 1 aromatic heterocycles. The molecule has 0 aliphatic carbocycles. The number of ether oxygens (including phenoxy) is 1. The van der Waals surface area contributed by atoms with Crippen molar-refractivity contribution in [2.75, 3.05) is 25.5 Å². The van der Waals surface area contributed by atoms with Gasteiger partial charge in [0.1, 0.15) is 5.56 Å². The minimum Gasteiger partial charge on any atom is -0.489 e. The molecule has 1 aliphatic rings. The number of methoxy groups -OCH3 is 1. The summed E-state index contributed by atoms with van der Waals surface area (Å²) in [6.07, 6.45) is 2.15. The van der Waals surface area contributed by atoms with Crippen LogP contribution in [0.25, 0.3) is 0 Å². The summed E-state index contributed by atoms with van der Waals surface area (Å²) < 4.78 is 5.11. The van der Waals surface area contributed by atoms with E-state index in [-0.39, 0.29) is 16.3 Å². The number of nitrogens with one attached hydrogen (secondary N) is 1. The van der Waals surface area contributed by atoms with Crippen molar-refractivity contribution >= 4 is 34.0 Å². The van der Waals surface area contributed by atoms with E-state index in [1.807, 2.05) is 32.0 Å². The lowest BCUT2D eigenvalue weighted by molar-refractivity contribution is -0.381. The Kier molecular flexibility index (Phi) is 6.56. The molecule has 3 rings (SSSR count). The van der Waals surface area contributed by atoms with E-state index >= 15 is 0 Å². The molecule has 30 heavy (non-hydrogen) atoms. The van der Waals surface area contributed by atoms with Crippen molar-refractivity contribution < 1.29 is 19.2 Å². The minimum atomic E-state index is -0.581. The fourth-order valence-electron chi connectivity index (χ4n) is 3.56. The maximum Gasteiger partial charge on any atom is 0.366 e. The Labute approximate surface area is 178 Å². The average molecular weight is 433 g/mol. The van der Waals surface area contributed by atoms with Gasteiger partial charge in [-0.2, -0.15) is 0 Å². The summed E-state index contributed by atoms with van der Waals surface area (Å²) in [7, 11) is 1.29. The van der Waals surface area contributed by atoms with Crippen molar-refractivity contribution in [1.82, 2.24) is 10.0 Å². The highest BCUT2D eigenvalue weighted by Gasteiger charge is 2.36. The lowest BCUT2D eigenvalue weighted by Crippen LogP contribution is -2.46. The topological polar surface area (TPSA) is 105 Å². The molecule has 3 amide bonds. The zero-order valence-electron chi connectivity index (χ0n) is 17.1. The number of thiophene rings is 1. The molecule has 1 saturated heterocycles. The molecule has 2 aromatic rings. The van der Waals surface area contributed by atoms with Gasteiger partial charge in [-0.05, 0) is 30.4 Å². The normalized spacial score (nSPS) is 13.4. The van der Waals surface area contributed by atoms with E-state index in [1.165, 1.54) is 22.5 Å². The predicted molar refractivity (Wildman–Crippen MR) is 114 cm³/mol. The third kappa shape index (κ3) is 3.95. The van der Waals surface area contributed by atoms with Gasteiger partial charge < -0.3 is 10.1 Å². The highest BCUT2D eigenvalue weighted by atomic mass is 32.1. The van der Waals surface area contributed by atoms with Gasteiger partial charge in [-0.3, -0.25) is 14.9 Å². The van der Waals surface area contributed by atoms with Crippen LogP contribution in [0.2, 0.25) is 0 Å². The van der Waals surface area contributed by atoms with Crippen molar-refractivity contribution in [3.05, 3.63) is 50.4 Å². The number of carbonyl (C=O) groups is 2. The molecule has 9 nitrogen and oxygen atoms in total. The summed E-state index contributed by atoms with van der Waals surface area (Å²) >= 11 is 0.827. The first-order chi connectivity index (χ1) is 14.4. The Morgan fingerprint density at radius 2 is 1.83 bits per heavy atom. The van der Waals surface area contributed by atoms with Crippen LogP contribution in [0.15, 0.2) is 23.6 Å². The van der Waals surface area contributed by atoms with Crippen LogP contribution < -0.4 is 10.1 Å². The molecule has 0 spiro atoms. The van der Waals surface area contributed by atoms with E-state index in [9.17, 15) is 19.7 Å². The van der Waals surface area contributed by atoms with Crippen LogP contribution in [0.1, 0.15) is 41.8 Å². The lowest BCUT2D eigenvalue weighted by atomic mass is 10.0. The summed E-state index contributed by atoms with van der Waals surface area (Å²) in [5.74, 6) is -0.574. The maximum absolute atomic E-state index is 13.1. The number of hydrazine groups is 1. The van der Waals surface area contributed by atoms with Crippen molar-refractivity contribution in [2.45, 2.75) is 33.1 Å². The molecule has 0 saturated carbocycles. The summed E-state index contributed by atoms with van der Waals surface area (Å²) in [6, 6.07) is 5.50. The standard InChI is InChI=1S/C20H24N4O5S/c1-4-13-8-6-9-14(5-2)16(13)21-20(26)23-11-7-10-22(23)18(25)15-12-30-19(24(27)28)17(15)29-3/h6,8-9,12H,4-5,7,10-11H2,1-3H3,(H,21,26). The van der Waals surface area contributed by atoms with Gasteiger partial charge in [0.2, 0.25) is 5.75 Å². The zero-order chi connectivity index (χ0) is 21.8. The zero-order valence-corrected chi connectivity index (χ0v) is 18.0. The SMILES string of the molecule is CCc1cccc(CC)c1NC(=O)N1CCCN1C(=O)c1csc([N+](=O)[O-])c1OC. The quantitative estimate of drug-likeness (QED) is 0.547. The number of urea groups is 1. The molecule has 0 atom stereocenters. The van der Waals surface area contributed by atoms with Gasteiger partial charge in [0.05, 0.1) is 12.0 Å². The van der Waals surface area contributed by atoms with E-state index in [2.05, 4.69) is 5.32 Å². The number of amides is 3. The molecular formula is C20H24N4O5S. The number of hydrogen-bond donors (Lipinski definition) is 1. The minimum absolute atomic E-state index is 0.0770. The molecule has 0 unspecified atom stereocenters. The van der Waals surface area contributed by atoms with Crippen molar-refractivity contribution in [3.8, 4) is 5.75 Å². The van der Waals surface area contributed by atoms with Crippen molar-refractivity contribution in [3.63, 3.8) is 0 Å². The third-order valence-corrected chi connectivity index (χ3v) is 5.97. The van der Waals surface area contributed by atoms with E-state index < -0.39 is 16.9 Å². The summed E-state index contributed by atoms with van der Waals surface area (Å²) in [5.41, 5.74) is 2.90. The van der Waals surface area contributed by atoms with Gasteiger partial charge in [-0.15, -0.1) is 0 Å². The highest BCUT2D eigenvalue weighted by molar-refractivity contribution is 7.14. The third-order valence-electron chi connectivity index (χ3n) is 5.06. The molecule has 10 heteroatoms. The first kappa shape index (κ1) is 21.6. The second kappa shape index (κ2) is 9.12. The molecule has 0 radical (unpaired) electrons. The van der Waals surface area contributed by atoms with Crippen LogP contribution in [0.5, 0.6) is 5.75 Å². The second-order valence-corrected chi connectivity index (χ2v) is 7.60. The first-order valence-corrected chi connectivity index (χ1v) is 10.6. The van der Waals surface area contributed by atoms with E-state index in [1.54, 1.807) is 0 Å². The number of hydrogen-bond acceptors (Lipinski definition) is 6. The molecule has 0 bridgehead atoms. The van der Waals surface area contributed by atoms with Crippen LogP contribution in [0, 0.1) is 10.1 Å². The first-order valence-electron chi connectivity index (χ1n) is 9.73. The Morgan fingerprint density at radius 3 is 2.40 bits per heavy atom. The smallest absolute Gasteiger partial charge is 0.366 e. The summed E-state index contributed by atoms with van der Waals surface area (Å²) in [5, 5.41) is 18.0. The van der Waals surface area contributed by atoms with Crippen LogP contribution in [0.3, 0.4) is 0 Å². The lowest BCUT2D eigenvalue weighted by Gasteiger charge is -2.28. The fraction of sp³-hybridized carbons (Fsp3) is 0.400. The predicted octanol–water partition coefficient (Wildman–Crippen LogP) is 4.08. The van der Waals surface area contributed by atoms with Gasteiger partial charge in [0.25, 0.3) is 5.91 Å². The van der Waals surface area contributed by atoms with E-state index in [0.717, 1.165) is 41.0 Å². The van der Waals surface area contributed by atoms with E-state index in [4.69, 9.17) is 4.74 Å². The van der Waals surface area contributed by atoms with E-state index in [0.29, 0.717) is 19.5 Å². The number of carbonyl (C=O) groups excluding carboxylic acids is 2. The largest absolute Gasteiger partial charge is 0.489 e. The number of anilines is 1. The fourth-order valence-corrected chi connectivity index (χ4v) is 4.38. The number of nitrogens with zero attached hydrogens (tertiary/aromatic N) is 3. The van der Waals surface area contributed by atoms with Gasteiger partial charge >= 0.3 is 11.0 Å². The molecule has 1 N–H and O–H groups in total. The van der Waals surface area contributed by atoms with Gasteiger partial charge in [-0.25, -0.2) is 14.8 Å². The monoisotopic (exact) mass is 432 g/mol. The number of nitro groups is 1. The number of aryl methyl sites for hydroxylation is 2. The van der Waals surface area contributed by atoms with Crippen molar-refractivity contribution in [1.29, 1.82) is 0 Å². The van der Waals surface area contributed by atoms with Gasteiger partial charge in [0.15, 0.2) is 0 Å². The summed E-state index contributed by atoms with van der Waals surface area (Å²) in [4.78, 5) is 36.7. The molecule has 2 heterocycles.